The van der Waals surface area contributed by atoms with Crippen LogP contribution < -0.4 is 0 Å². The maximum absolute atomic E-state index is 13.5. The lowest BCUT2D eigenvalue weighted by Gasteiger charge is -2.17. The lowest BCUT2D eigenvalue weighted by Crippen LogP contribution is -2.12. The second-order valence-corrected chi connectivity index (χ2v) is 5.15. The average Bonchev–Trinajstić information content (AvgIpc) is 2.30. The van der Waals surface area contributed by atoms with Crippen molar-refractivity contribution in [2.45, 2.75) is 65.0 Å². The highest BCUT2D eigenvalue weighted by molar-refractivity contribution is 4.86. The van der Waals surface area contributed by atoms with Gasteiger partial charge < -0.3 is 0 Å². The predicted octanol–water partition coefficient (Wildman–Crippen LogP) is 4.34. The van der Waals surface area contributed by atoms with Crippen molar-refractivity contribution in [1.82, 2.24) is 0 Å². The minimum Gasteiger partial charge on any atom is -0.244 e. The largest absolute Gasteiger partial charge is 0.244 e. The number of alkyl halides is 1. The maximum Gasteiger partial charge on any atom is 0.108 e. The Hall–Kier alpha value is -0.0700. The molecule has 3 unspecified atom stereocenters. The first-order chi connectivity index (χ1) is 6.03. The van der Waals surface area contributed by atoms with Gasteiger partial charge in [0.05, 0.1) is 0 Å². The third-order valence-electron chi connectivity index (χ3n) is 3.31. The van der Waals surface area contributed by atoms with E-state index in [1.165, 1.54) is 19.3 Å². The van der Waals surface area contributed by atoms with Gasteiger partial charge in [0.1, 0.15) is 5.67 Å². The van der Waals surface area contributed by atoms with E-state index in [9.17, 15) is 4.39 Å². The molecule has 1 aliphatic rings. The van der Waals surface area contributed by atoms with E-state index in [-0.39, 0.29) is 0 Å². The Morgan fingerprint density at radius 3 is 2.69 bits per heavy atom. The summed E-state index contributed by atoms with van der Waals surface area (Å²) in [6, 6.07) is 0. The topological polar surface area (TPSA) is 0 Å². The molecule has 0 aliphatic heterocycles. The van der Waals surface area contributed by atoms with E-state index in [4.69, 9.17) is 0 Å². The molecule has 0 nitrogen and oxygen atoms in total. The highest BCUT2D eigenvalue weighted by Gasteiger charge is 2.35. The summed E-state index contributed by atoms with van der Waals surface area (Å²) < 4.78 is 13.5. The van der Waals surface area contributed by atoms with E-state index < -0.39 is 5.67 Å². The van der Waals surface area contributed by atoms with Crippen LogP contribution in [0, 0.1) is 11.8 Å². The third-order valence-corrected chi connectivity index (χ3v) is 3.31. The van der Waals surface area contributed by atoms with Crippen molar-refractivity contribution in [2.24, 2.45) is 11.8 Å². The highest BCUT2D eigenvalue weighted by Crippen LogP contribution is 2.40. The van der Waals surface area contributed by atoms with Gasteiger partial charge in [-0.3, -0.25) is 0 Å². The van der Waals surface area contributed by atoms with Crippen LogP contribution >= 0.6 is 0 Å². The molecule has 1 saturated carbocycles. The minimum absolute atomic E-state index is 0.663. The SMILES string of the molecule is CCCC(C)CC1CCC(C)(F)C1. The van der Waals surface area contributed by atoms with Gasteiger partial charge in [0, 0.05) is 0 Å². The van der Waals surface area contributed by atoms with Crippen LogP contribution in [-0.4, -0.2) is 5.67 Å². The molecule has 0 saturated heterocycles. The molecule has 0 bridgehead atoms. The zero-order valence-corrected chi connectivity index (χ0v) is 9.28. The summed E-state index contributed by atoms with van der Waals surface area (Å²) in [5, 5.41) is 0. The fraction of sp³-hybridized carbons (Fsp3) is 1.00. The fourth-order valence-corrected chi connectivity index (χ4v) is 2.69. The molecule has 1 rings (SSSR count). The van der Waals surface area contributed by atoms with Crippen LogP contribution in [0.2, 0.25) is 0 Å². The molecule has 0 heterocycles. The Labute approximate surface area is 81.9 Å². The molecule has 0 spiro atoms. The molecule has 0 aromatic carbocycles. The van der Waals surface area contributed by atoms with E-state index >= 15 is 0 Å². The first-order valence-electron chi connectivity index (χ1n) is 5.72. The Morgan fingerprint density at radius 2 is 2.23 bits per heavy atom. The average molecular weight is 186 g/mol. The summed E-state index contributed by atoms with van der Waals surface area (Å²) in [5.41, 5.74) is -0.851. The quantitative estimate of drug-likeness (QED) is 0.612. The third kappa shape index (κ3) is 3.66. The van der Waals surface area contributed by atoms with E-state index in [0.717, 1.165) is 25.2 Å². The Bertz CT molecular complexity index is 151. The lowest BCUT2D eigenvalue weighted by atomic mass is 9.91. The summed E-state index contributed by atoms with van der Waals surface area (Å²) in [6.45, 7) is 6.29. The van der Waals surface area contributed by atoms with Gasteiger partial charge in [-0.25, -0.2) is 4.39 Å². The summed E-state index contributed by atoms with van der Waals surface area (Å²) >= 11 is 0. The van der Waals surface area contributed by atoms with E-state index in [0.29, 0.717) is 5.92 Å². The molecule has 3 atom stereocenters. The van der Waals surface area contributed by atoms with E-state index in [2.05, 4.69) is 13.8 Å². The molecular weight excluding hydrogens is 163 g/mol. The van der Waals surface area contributed by atoms with Crippen molar-refractivity contribution >= 4 is 0 Å². The fourth-order valence-electron chi connectivity index (χ4n) is 2.69. The van der Waals surface area contributed by atoms with E-state index in [1.54, 1.807) is 6.92 Å². The van der Waals surface area contributed by atoms with Crippen LogP contribution in [0.3, 0.4) is 0 Å². The Balaban J connectivity index is 2.24. The zero-order valence-electron chi connectivity index (χ0n) is 9.28. The smallest absolute Gasteiger partial charge is 0.108 e. The van der Waals surface area contributed by atoms with Crippen molar-refractivity contribution in [3.63, 3.8) is 0 Å². The second-order valence-electron chi connectivity index (χ2n) is 5.15. The minimum atomic E-state index is -0.851. The van der Waals surface area contributed by atoms with Gasteiger partial charge in [0.15, 0.2) is 0 Å². The number of halogens is 1. The van der Waals surface area contributed by atoms with Crippen molar-refractivity contribution in [2.75, 3.05) is 0 Å². The van der Waals surface area contributed by atoms with E-state index in [1.807, 2.05) is 0 Å². The maximum atomic E-state index is 13.5. The second kappa shape index (κ2) is 4.43. The Kier molecular flexibility index (Phi) is 3.75. The number of hydrogen-bond donors (Lipinski definition) is 0. The van der Waals surface area contributed by atoms with Gasteiger partial charge in [-0.05, 0) is 44.4 Å². The van der Waals surface area contributed by atoms with Crippen LogP contribution in [-0.2, 0) is 0 Å². The summed E-state index contributed by atoms with van der Waals surface area (Å²) in [5.74, 6) is 1.46. The van der Waals surface area contributed by atoms with Crippen molar-refractivity contribution in [3.05, 3.63) is 0 Å². The standard InChI is InChI=1S/C12H23F/c1-4-5-10(2)8-11-6-7-12(3,13)9-11/h10-11H,4-9H2,1-3H3. The van der Waals surface area contributed by atoms with Crippen LogP contribution in [0.25, 0.3) is 0 Å². The van der Waals surface area contributed by atoms with Gasteiger partial charge in [0.25, 0.3) is 0 Å². The summed E-state index contributed by atoms with van der Waals surface area (Å²) in [4.78, 5) is 0. The molecular formula is C12H23F. The van der Waals surface area contributed by atoms with Gasteiger partial charge in [0.2, 0.25) is 0 Å². The van der Waals surface area contributed by atoms with Gasteiger partial charge >= 0.3 is 0 Å². The molecule has 0 radical (unpaired) electrons. The highest BCUT2D eigenvalue weighted by atomic mass is 19.1. The van der Waals surface area contributed by atoms with Crippen LogP contribution in [0.5, 0.6) is 0 Å². The molecule has 78 valence electrons. The summed E-state index contributed by atoms with van der Waals surface area (Å²) in [6.07, 6.45) is 6.52. The zero-order chi connectivity index (χ0) is 9.90. The van der Waals surface area contributed by atoms with Gasteiger partial charge in [-0.15, -0.1) is 0 Å². The summed E-state index contributed by atoms with van der Waals surface area (Å²) in [7, 11) is 0. The normalized spacial score (nSPS) is 36.5. The van der Waals surface area contributed by atoms with Crippen molar-refractivity contribution < 1.29 is 4.39 Å². The first-order valence-corrected chi connectivity index (χ1v) is 5.72. The molecule has 13 heavy (non-hydrogen) atoms. The van der Waals surface area contributed by atoms with Crippen molar-refractivity contribution in [1.29, 1.82) is 0 Å². The number of rotatable bonds is 4. The lowest BCUT2D eigenvalue weighted by molar-refractivity contribution is 0.188. The Morgan fingerprint density at radius 1 is 1.54 bits per heavy atom. The monoisotopic (exact) mass is 186 g/mol. The molecule has 0 amide bonds. The van der Waals surface area contributed by atoms with Crippen LogP contribution in [0.15, 0.2) is 0 Å². The molecule has 0 N–H and O–H groups in total. The molecule has 1 aliphatic carbocycles. The molecule has 0 aromatic heterocycles. The van der Waals surface area contributed by atoms with Crippen LogP contribution in [0.1, 0.15) is 59.3 Å². The first kappa shape index (κ1) is 11.0. The van der Waals surface area contributed by atoms with Crippen LogP contribution in [0.4, 0.5) is 4.39 Å². The molecule has 1 fully saturated rings. The van der Waals surface area contributed by atoms with Gasteiger partial charge in [-0.2, -0.15) is 0 Å². The van der Waals surface area contributed by atoms with Gasteiger partial charge in [-0.1, -0.05) is 26.7 Å². The predicted molar refractivity (Wildman–Crippen MR) is 55.5 cm³/mol. The van der Waals surface area contributed by atoms with Crippen molar-refractivity contribution in [3.8, 4) is 0 Å². The molecule has 0 aromatic rings. The molecule has 1 heteroatoms. The number of hydrogen-bond acceptors (Lipinski definition) is 0.